The van der Waals surface area contributed by atoms with Gasteiger partial charge in [0.1, 0.15) is 6.10 Å². The van der Waals surface area contributed by atoms with Gasteiger partial charge in [0.25, 0.3) is 0 Å². The molecular weight excluding hydrogens is 138 g/mol. The van der Waals surface area contributed by atoms with E-state index in [2.05, 4.69) is 6.92 Å². The van der Waals surface area contributed by atoms with Crippen molar-refractivity contribution in [2.45, 2.75) is 45.6 Å². The Morgan fingerprint density at radius 1 is 1.45 bits per heavy atom. The van der Waals surface area contributed by atoms with Crippen LogP contribution in [0.1, 0.15) is 39.5 Å². The van der Waals surface area contributed by atoms with Crippen molar-refractivity contribution in [3.8, 4) is 6.07 Å². The highest BCUT2D eigenvalue weighted by Gasteiger charge is 2.15. The normalized spacial score (nSPS) is 15.5. The van der Waals surface area contributed by atoms with Gasteiger partial charge in [-0.2, -0.15) is 5.26 Å². The Bertz CT molecular complexity index is 128. The number of hydrogen-bond donors (Lipinski definition) is 1. The maximum atomic E-state index is 9.18. The highest BCUT2D eigenvalue weighted by molar-refractivity contribution is 4.87. The standard InChI is InChI=1S/C9H17NO/c1-3-5-6-8(4-2)9(11)7-10/h8-9,11H,3-6H2,1-2H3. The third kappa shape index (κ3) is 4.00. The third-order valence-corrected chi connectivity index (χ3v) is 2.03. The van der Waals surface area contributed by atoms with Gasteiger partial charge in [0.15, 0.2) is 0 Å². The number of nitrogens with zero attached hydrogens (tertiary/aromatic N) is 1. The molecule has 0 saturated heterocycles. The van der Waals surface area contributed by atoms with E-state index in [9.17, 15) is 5.11 Å². The summed E-state index contributed by atoms with van der Waals surface area (Å²) in [6, 6.07) is 1.88. The number of unbranched alkanes of at least 4 members (excludes halogenated alkanes) is 1. The van der Waals surface area contributed by atoms with E-state index >= 15 is 0 Å². The zero-order chi connectivity index (χ0) is 8.69. The van der Waals surface area contributed by atoms with Gasteiger partial charge in [-0.25, -0.2) is 0 Å². The van der Waals surface area contributed by atoms with E-state index in [0.29, 0.717) is 0 Å². The lowest BCUT2D eigenvalue weighted by atomic mass is 9.94. The Labute approximate surface area is 68.8 Å². The quantitative estimate of drug-likeness (QED) is 0.618. The van der Waals surface area contributed by atoms with Crippen LogP contribution in [-0.4, -0.2) is 11.2 Å². The minimum atomic E-state index is -0.758. The van der Waals surface area contributed by atoms with E-state index < -0.39 is 6.10 Å². The molecule has 0 aliphatic rings. The van der Waals surface area contributed by atoms with Crippen LogP contribution >= 0.6 is 0 Å². The lowest BCUT2D eigenvalue weighted by Gasteiger charge is -2.14. The minimum absolute atomic E-state index is 0.181. The minimum Gasteiger partial charge on any atom is -0.378 e. The second-order valence-corrected chi connectivity index (χ2v) is 2.88. The van der Waals surface area contributed by atoms with Crippen molar-refractivity contribution in [1.29, 1.82) is 5.26 Å². The molecule has 0 heterocycles. The molecule has 0 amide bonds. The summed E-state index contributed by atoms with van der Waals surface area (Å²) >= 11 is 0. The first kappa shape index (κ1) is 10.4. The summed E-state index contributed by atoms with van der Waals surface area (Å²) in [7, 11) is 0. The van der Waals surface area contributed by atoms with Gasteiger partial charge < -0.3 is 5.11 Å². The monoisotopic (exact) mass is 155 g/mol. The Hall–Kier alpha value is -0.550. The molecule has 0 aromatic carbocycles. The SMILES string of the molecule is CCCCC(CC)C(O)C#N. The van der Waals surface area contributed by atoms with Crippen molar-refractivity contribution in [1.82, 2.24) is 0 Å². The van der Waals surface area contributed by atoms with Crippen LogP contribution in [0.15, 0.2) is 0 Å². The van der Waals surface area contributed by atoms with Crippen molar-refractivity contribution in [3.05, 3.63) is 0 Å². The van der Waals surface area contributed by atoms with Crippen molar-refractivity contribution in [3.63, 3.8) is 0 Å². The first-order valence-electron chi connectivity index (χ1n) is 4.33. The summed E-state index contributed by atoms with van der Waals surface area (Å²) in [5.41, 5.74) is 0. The second-order valence-electron chi connectivity index (χ2n) is 2.88. The van der Waals surface area contributed by atoms with Crippen LogP contribution in [0, 0.1) is 17.2 Å². The fraction of sp³-hybridized carbons (Fsp3) is 0.889. The second kappa shape index (κ2) is 6.18. The van der Waals surface area contributed by atoms with E-state index in [-0.39, 0.29) is 5.92 Å². The summed E-state index contributed by atoms with van der Waals surface area (Å²) in [5, 5.41) is 17.6. The van der Waals surface area contributed by atoms with Crippen molar-refractivity contribution < 1.29 is 5.11 Å². The summed E-state index contributed by atoms with van der Waals surface area (Å²) in [4.78, 5) is 0. The Morgan fingerprint density at radius 2 is 2.09 bits per heavy atom. The smallest absolute Gasteiger partial charge is 0.143 e. The molecule has 0 bridgehead atoms. The van der Waals surface area contributed by atoms with Gasteiger partial charge in [-0.05, 0) is 18.8 Å². The molecule has 0 saturated carbocycles. The number of nitriles is 1. The van der Waals surface area contributed by atoms with Gasteiger partial charge in [-0.3, -0.25) is 0 Å². The lowest BCUT2D eigenvalue weighted by molar-refractivity contribution is 0.148. The molecule has 2 nitrogen and oxygen atoms in total. The van der Waals surface area contributed by atoms with Gasteiger partial charge >= 0.3 is 0 Å². The van der Waals surface area contributed by atoms with Crippen LogP contribution in [0.5, 0.6) is 0 Å². The van der Waals surface area contributed by atoms with Crippen molar-refractivity contribution in [2.24, 2.45) is 5.92 Å². The zero-order valence-electron chi connectivity index (χ0n) is 7.38. The van der Waals surface area contributed by atoms with Crippen LogP contribution < -0.4 is 0 Å². The predicted molar refractivity (Wildman–Crippen MR) is 44.9 cm³/mol. The molecular formula is C9H17NO. The highest BCUT2D eigenvalue weighted by Crippen LogP contribution is 2.16. The topological polar surface area (TPSA) is 44.0 Å². The summed E-state index contributed by atoms with van der Waals surface area (Å²) in [6.45, 7) is 4.13. The van der Waals surface area contributed by atoms with Crippen LogP contribution in [0.25, 0.3) is 0 Å². The van der Waals surface area contributed by atoms with E-state index in [1.54, 1.807) is 0 Å². The number of rotatable bonds is 5. The molecule has 1 N–H and O–H groups in total. The van der Waals surface area contributed by atoms with Gasteiger partial charge in [0.2, 0.25) is 0 Å². The molecule has 0 aliphatic carbocycles. The molecule has 2 atom stereocenters. The Morgan fingerprint density at radius 3 is 2.45 bits per heavy atom. The predicted octanol–water partition coefficient (Wildman–Crippen LogP) is 2.09. The molecule has 2 unspecified atom stereocenters. The van der Waals surface area contributed by atoms with E-state index in [4.69, 9.17) is 5.26 Å². The summed E-state index contributed by atoms with van der Waals surface area (Å²) in [5.74, 6) is 0.181. The average Bonchev–Trinajstić information content (AvgIpc) is 2.05. The fourth-order valence-corrected chi connectivity index (χ4v) is 1.16. The third-order valence-electron chi connectivity index (χ3n) is 2.03. The molecule has 0 aliphatic heterocycles. The molecule has 2 heteroatoms. The molecule has 0 aromatic heterocycles. The van der Waals surface area contributed by atoms with Crippen molar-refractivity contribution in [2.75, 3.05) is 0 Å². The highest BCUT2D eigenvalue weighted by atomic mass is 16.3. The molecule has 0 rings (SSSR count). The zero-order valence-corrected chi connectivity index (χ0v) is 7.38. The molecule has 0 aromatic rings. The van der Waals surface area contributed by atoms with Crippen molar-refractivity contribution >= 4 is 0 Å². The number of aliphatic hydroxyl groups is 1. The van der Waals surface area contributed by atoms with Crippen LogP contribution in [0.2, 0.25) is 0 Å². The molecule has 0 fully saturated rings. The molecule has 11 heavy (non-hydrogen) atoms. The maximum Gasteiger partial charge on any atom is 0.143 e. The summed E-state index contributed by atoms with van der Waals surface area (Å²) < 4.78 is 0. The summed E-state index contributed by atoms with van der Waals surface area (Å²) in [6.07, 6.45) is 3.36. The average molecular weight is 155 g/mol. The number of hydrogen-bond acceptors (Lipinski definition) is 2. The lowest BCUT2D eigenvalue weighted by Crippen LogP contribution is -2.17. The first-order chi connectivity index (χ1) is 5.26. The van der Waals surface area contributed by atoms with Gasteiger partial charge in [-0.15, -0.1) is 0 Å². The van der Waals surface area contributed by atoms with Gasteiger partial charge in [0.05, 0.1) is 6.07 Å². The van der Waals surface area contributed by atoms with E-state index in [0.717, 1.165) is 25.7 Å². The Balaban J connectivity index is 3.67. The van der Waals surface area contributed by atoms with Crippen LogP contribution in [-0.2, 0) is 0 Å². The molecule has 0 radical (unpaired) electrons. The van der Waals surface area contributed by atoms with E-state index in [1.807, 2.05) is 13.0 Å². The van der Waals surface area contributed by atoms with Crippen LogP contribution in [0.3, 0.4) is 0 Å². The van der Waals surface area contributed by atoms with Gasteiger partial charge in [-0.1, -0.05) is 26.7 Å². The molecule has 0 spiro atoms. The largest absolute Gasteiger partial charge is 0.378 e. The number of aliphatic hydroxyl groups excluding tert-OH is 1. The molecule has 64 valence electrons. The fourth-order valence-electron chi connectivity index (χ4n) is 1.16. The van der Waals surface area contributed by atoms with E-state index in [1.165, 1.54) is 0 Å². The first-order valence-corrected chi connectivity index (χ1v) is 4.33. The van der Waals surface area contributed by atoms with Gasteiger partial charge in [0, 0.05) is 0 Å². The maximum absolute atomic E-state index is 9.18. The van der Waals surface area contributed by atoms with Crippen LogP contribution in [0.4, 0.5) is 0 Å². The Kier molecular flexibility index (Phi) is 5.87.